The van der Waals surface area contributed by atoms with Crippen LogP contribution in [0.4, 0.5) is 0 Å². The number of fused-ring (bicyclic) bond motifs is 6. The van der Waals surface area contributed by atoms with Crippen LogP contribution in [-0.4, -0.2) is 39.6 Å². The molecule has 0 unspecified atom stereocenters. The van der Waals surface area contributed by atoms with Crippen molar-refractivity contribution in [3.63, 3.8) is 0 Å². The molecule has 10 heteroatoms. The minimum Gasteiger partial charge on any atom is -0.486 e. The number of hydrogen-bond donors (Lipinski definition) is 0. The first kappa shape index (κ1) is 28.3. The summed E-state index contributed by atoms with van der Waals surface area (Å²) in [5, 5.41) is 6.42. The van der Waals surface area contributed by atoms with Gasteiger partial charge in [-0.2, -0.15) is 0 Å². The van der Waals surface area contributed by atoms with Crippen LogP contribution >= 0.6 is 39.0 Å². The first-order valence-corrected chi connectivity index (χ1v) is 18.3. The van der Waals surface area contributed by atoms with Crippen molar-refractivity contribution >= 4 is 87.2 Å². The third-order valence-corrected chi connectivity index (χ3v) is 13.5. The van der Waals surface area contributed by atoms with Crippen LogP contribution in [0, 0.1) is 0 Å². The van der Waals surface area contributed by atoms with Gasteiger partial charge >= 0.3 is 0 Å². The number of halogens is 2. The van der Waals surface area contributed by atoms with E-state index in [1.807, 2.05) is 78.9 Å². The molecule has 0 aliphatic carbocycles. The smallest absolute Gasteiger partial charge is 0.184 e. The zero-order valence-corrected chi connectivity index (χ0v) is 28.4. The maximum Gasteiger partial charge on any atom is 0.184 e. The largest absolute Gasteiger partial charge is 0.486 e. The molecular weight excluding hydrogens is 735 g/mol. The Morgan fingerprint density at radius 1 is 0.457 bits per heavy atom. The summed E-state index contributed by atoms with van der Waals surface area (Å²) in [5.41, 5.74) is 0. The van der Waals surface area contributed by atoms with Crippen LogP contribution in [0.25, 0.3) is 32.3 Å². The summed E-state index contributed by atoms with van der Waals surface area (Å²) < 4.78 is 57.1. The van der Waals surface area contributed by atoms with Crippen LogP contribution in [0.3, 0.4) is 0 Å². The lowest BCUT2D eigenvalue weighted by molar-refractivity contribution is 0.172. The lowest BCUT2D eigenvalue weighted by Crippen LogP contribution is -2.34. The molecule has 6 aromatic rings. The van der Waals surface area contributed by atoms with Gasteiger partial charge < -0.3 is 33.0 Å². The zero-order valence-electron chi connectivity index (χ0n) is 24.3. The van der Waals surface area contributed by atoms with Crippen LogP contribution in [0.15, 0.2) is 87.8 Å². The predicted molar refractivity (Wildman–Crippen MR) is 187 cm³/mol. The normalized spacial score (nSPS) is 15.3. The summed E-state index contributed by atoms with van der Waals surface area (Å²) in [5.74, 6) is 2.87. The molecule has 3 heterocycles. The van der Waals surface area contributed by atoms with Crippen molar-refractivity contribution < 1.29 is 33.0 Å². The van der Waals surface area contributed by atoms with Gasteiger partial charge in [0.05, 0.1) is 24.9 Å². The summed E-state index contributed by atoms with van der Waals surface area (Å²) in [7, 11) is -4.09. The average molecular weight is 760 g/mol. The van der Waals surface area contributed by atoms with E-state index in [0.717, 1.165) is 41.3 Å². The number of benzene rings is 6. The second kappa shape index (κ2) is 10.8. The van der Waals surface area contributed by atoms with Gasteiger partial charge in [0.15, 0.2) is 41.6 Å². The maximum absolute atomic E-state index is 17.5. The van der Waals surface area contributed by atoms with E-state index >= 15 is 4.57 Å². The molecule has 0 atom stereocenters. The quantitative estimate of drug-likeness (QED) is 0.172. The molecule has 0 radical (unpaired) electrons. The molecule has 46 heavy (non-hydrogen) atoms. The fourth-order valence-corrected chi connectivity index (χ4v) is 11.8. The Hall–Kier alpha value is -3.91. The molecule has 0 saturated heterocycles. The fourth-order valence-electron chi connectivity index (χ4n) is 6.87. The summed E-state index contributed by atoms with van der Waals surface area (Å²) in [6.07, 6.45) is 0. The van der Waals surface area contributed by atoms with Crippen LogP contribution in [-0.2, 0) is 4.57 Å². The van der Waals surface area contributed by atoms with Crippen LogP contribution < -0.4 is 44.3 Å². The van der Waals surface area contributed by atoms with Crippen molar-refractivity contribution in [3.05, 3.63) is 87.8 Å². The minimum absolute atomic E-state index is 0.302. The second-order valence-electron chi connectivity index (χ2n) is 11.2. The fraction of sp³-hybridized carbons (Fsp3) is 0.167. The van der Waals surface area contributed by atoms with E-state index < -0.39 is 7.14 Å². The van der Waals surface area contributed by atoms with Gasteiger partial charge in [0, 0.05) is 10.8 Å². The topological polar surface area (TPSA) is 72.5 Å². The lowest BCUT2D eigenvalue weighted by atomic mass is 10.1. The van der Waals surface area contributed by atoms with E-state index in [1.54, 1.807) is 0 Å². The van der Waals surface area contributed by atoms with Crippen molar-refractivity contribution in [1.29, 1.82) is 0 Å². The second-order valence-corrected chi connectivity index (χ2v) is 15.4. The van der Waals surface area contributed by atoms with Crippen molar-refractivity contribution in [1.82, 2.24) is 0 Å². The van der Waals surface area contributed by atoms with Gasteiger partial charge in [0.2, 0.25) is 0 Å². The molecule has 0 fully saturated rings. The molecular formula is C36H25Br2O7P. The predicted octanol–water partition coefficient (Wildman–Crippen LogP) is 7.62. The Balaban J connectivity index is 1.58. The third kappa shape index (κ3) is 3.98. The van der Waals surface area contributed by atoms with Gasteiger partial charge in [-0.15, -0.1) is 0 Å². The highest BCUT2D eigenvalue weighted by molar-refractivity contribution is 9.11. The number of rotatable bonds is 3. The zero-order chi connectivity index (χ0) is 31.0. The first-order chi connectivity index (χ1) is 22.6. The summed E-state index contributed by atoms with van der Waals surface area (Å²) in [6, 6.07) is 25.7. The van der Waals surface area contributed by atoms with E-state index in [9.17, 15) is 0 Å². The highest BCUT2D eigenvalue weighted by atomic mass is 79.9. The summed E-state index contributed by atoms with van der Waals surface area (Å²) >= 11 is 7.60. The van der Waals surface area contributed by atoms with Crippen molar-refractivity contribution in [2.75, 3.05) is 39.6 Å². The molecule has 3 aliphatic heterocycles. The standard InChI is InChI=1S/C36H25Br2O7P/c37-27-22-9-3-5-11-24(22)35(32-30(27)42-15-17-44-32)46(39,34-21-8-2-1-7-20(21)19-26-29(34)41-14-13-40-26)36-25-12-6-4-10-23(25)28(38)31-33(36)45-18-16-43-31/h1-12,19H,13-18H2. The third-order valence-electron chi connectivity index (χ3n) is 8.70. The first-order valence-electron chi connectivity index (χ1n) is 15.0. The van der Waals surface area contributed by atoms with Gasteiger partial charge in [-0.05, 0) is 59.5 Å². The Labute approximate surface area is 280 Å². The Morgan fingerprint density at radius 2 is 0.848 bits per heavy atom. The summed E-state index contributed by atoms with van der Waals surface area (Å²) in [6.45, 7) is 2.03. The van der Waals surface area contributed by atoms with E-state index in [2.05, 4.69) is 31.9 Å². The minimum atomic E-state index is -4.09. The molecule has 0 saturated carbocycles. The van der Waals surface area contributed by atoms with Gasteiger partial charge in [-0.25, -0.2) is 0 Å². The van der Waals surface area contributed by atoms with E-state index in [4.69, 9.17) is 28.4 Å². The molecule has 3 aliphatic rings. The Kier molecular flexibility index (Phi) is 6.67. The number of ether oxygens (including phenoxy) is 6. The summed E-state index contributed by atoms with van der Waals surface area (Å²) in [4.78, 5) is 0. The molecule has 0 bridgehead atoms. The van der Waals surface area contributed by atoms with E-state index in [0.29, 0.717) is 90.1 Å². The molecule has 9 rings (SSSR count). The highest BCUT2D eigenvalue weighted by Crippen LogP contribution is 2.60. The van der Waals surface area contributed by atoms with Gasteiger partial charge in [-0.1, -0.05) is 72.8 Å². The molecule has 7 nitrogen and oxygen atoms in total. The van der Waals surface area contributed by atoms with Gasteiger partial charge in [-0.3, -0.25) is 0 Å². The van der Waals surface area contributed by atoms with E-state index in [-0.39, 0.29) is 0 Å². The molecule has 6 aromatic carbocycles. The van der Waals surface area contributed by atoms with Crippen LogP contribution in [0.5, 0.6) is 34.5 Å². The van der Waals surface area contributed by atoms with Crippen molar-refractivity contribution in [2.24, 2.45) is 0 Å². The van der Waals surface area contributed by atoms with Crippen molar-refractivity contribution in [2.45, 2.75) is 0 Å². The van der Waals surface area contributed by atoms with Gasteiger partial charge in [0.1, 0.15) is 39.6 Å². The SMILES string of the molecule is O=P(c1c2c(cc3ccccc13)OCCO2)(c1c2c(c(Br)c3ccccc13)OCCO2)c1c2c(c(Br)c3ccccc13)OCCO2. The van der Waals surface area contributed by atoms with Crippen LogP contribution in [0.1, 0.15) is 0 Å². The van der Waals surface area contributed by atoms with Crippen molar-refractivity contribution in [3.8, 4) is 34.5 Å². The lowest BCUT2D eigenvalue weighted by Gasteiger charge is -2.34. The van der Waals surface area contributed by atoms with Gasteiger partial charge in [0.25, 0.3) is 0 Å². The van der Waals surface area contributed by atoms with E-state index in [1.165, 1.54) is 0 Å². The Bertz CT molecular complexity index is 2190. The maximum atomic E-state index is 17.5. The Morgan fingerprint density at radius 3 is 1.39 bits per heavy atom. The van der Waals surface area contributed by atoms with Crippen LogP contribution in [0.2, 0.25) is 0 Å². The molecule has 0 spiro atoms. The highest BCUT2D eigenvalue weighted by Gasteiger charge is 2.47. The molecule has 230 valence electrons. The monoisotopic (exact) mass is 758 g/mol. The molecule has 0 N–H and O–H groups in total. The molecule has 0 aromatic heterocycles. The number of hydrogen-bond acceptors (Lipinski definition) is 7. The average Bonchev–Trinajstić information content (AvgIpc) is 3.11. The molecule has 0 amide bonds.